The van der Waals surface area contributed by atoms with Crippen LogP contribution in [0.2, 0.25) is 0 Å². The van der Waals surface area contributed by atoms with Crippen LogP contribution in [0.4, 0.5) is 0 Å². The lowest BCUT2D eigenvalue weighted by molar-refractivity contribution is -0.156. The highest BCUT2D eigenvalue weighted by Crippen LogP contribution is 2.46. The van der Waals surface area contributed by atoms with Gasteiger partial charge in [0.1, 0.15) is 30.1 Å². The average molecular weight is 616 g/mol. The van der Waals surface area contributed by atoms with E-state index < -0.39 is 5.92 Å². The molecule has 5 unspecified atom stereocenters. The van der Waals surface area contributed by atoms with Crippen LogP contribution in [0.3, 0.4) is 0 Å². The molecule has 2 saturated heterocycles. The molecule has 2 heterocycles. The summed E-state index contributed by atoms with van der Waals surface area (Å²) < 4.78 is 11.0. The molecule has 0 amide bonds. The van der Waals surface area contributed by atoms with E-state index in [1.54, 1.807) is 12.1 Å². The van der Waals surface area contributed by atoms with Gasteiger partial charge in [-0.3, -0.25) is 9.59 Å². The Morgan fingerprint density at radius 2 is 1.64 bits per heavy atom. The average Bonchev–Trinajstić information content (AvgIpc) is 3.19. The van der Waals surface area contributed by atoms with Gasteiger partial charge in [0.2, 0.25) is 0 Å². The molecular formula is C38H49NO6. The van der Waals surface area contributed by atoms with Crippen LogP contribution in [-0.4, -0.2) is 59.4 Å². The van der Waals surface area contributed by atoms with Gasteiger partial charge in [-0.05, 0) is 120 Å². The summed E-state index contributed by atoms with van der Waals surface area (Å²) in [6.45, 7) is 8.63. The fraction of sp³-hybridized carbons (Fsp3) is 0.526. The molecule has 45 heavy (non-hydrogen) atoms. The smallest absolute Gasteiger partial charge is 0.317 e. The van der Waals surface area contributed by atoms with Crippen molar-refractivity contribution in [3.63, 3.8) is 0 Å². The first-order valence-corrected chi connectivity index (χ1v) is 16.6. The summed E-state index contributed by atoms with van der Waals surface area (Å²) in [5.41, 5.74) is 5.80. The molecular weight excluding hydrogens is 566 g/mol. The van der Waals surface area contributed by atoms with Gasteiger partial charge in [0.05, 0.1) is 0 Å². The van der Waals surface area contributed by atoms with E-state index >= 15 is 0 Å². The van der Waals surface area contributed by atoms with Crippen molar-refractivity contribution in [2.45, 2.75) is 108 Å². The van der Waals surface area contributed by atoms with Crippen molar-refractivity contribution in [1.29, 1.82) is 0 Å². The molecule has 242 valence electrons. The van der Waals surface area contributed by atoms with Gasteiger partial charge in [0, 0.05) is 23.6 Å². The SMILES string of the molecule is C=C(C)C1CCC(C)=CC1c1c(O)cc(CCCCc2ccc(C(COC=O)C(=O)OC3CC4CCC(C3)N4C)cc2)cc1O. The van der Waals surface area contributed by atoms with Crippen molar-refractivity contribution < 1.29 is 29.3 Å². The Morgan fingerprint density at radius 1 is 1.02 bits per heavy atom. The zero-order valence-electron chi connectivity index (χ0n) is 27.0. The number of phenols is 2. The number of benzene rings is 2. The van der Waals surface area contributed by atoms with Gasteiger partial charge in [0.15, 0.2) is 0 Å². The number of hydrogen-bond acceptors (Lipinski definition) is 7. The number of aromatic hydroxyl groups is 2. The van der Waals surface area contributed by atoms with Crippen LogP contribution >= 0.6 is 0 Å². The van der Waals surface area contributed by atoms with Crippen LogP contribution in [0.25, 0.3) is 0 Å². The number of piperidine rings is 1. The molecule has 2 fully saturated rings. The Morgan fingerprint density at radius 3 is 2.24 bits per heavy atom. The van der Waals surface area contributed by atoms with Crippen molar-refractivity contribution in [1.82, 2.24) is 4.90 Å². The van der Waals surface area contributed by atoms with Crippen molar-refractivity contribution in [3.05, 3.63) is 82.5 Å². The van der Waals surface area contributed by atoms with E-state index in [9.17, 15) is 19.8 Å². The first-order chi connectivity index (χ1) is 21.6. The molecule has 5 atom stereocenters. The number of phenolic OH excluding ortho intramolecular Hbond substituents is 2. The molecule has 7 heteroatoms. The van der Waals surface area contributed by atoms with Gasteiger partial charge in [-0.25, -0.2) is 0 Å². The molecule has 1 aliphatic carbocycles. The van der Waals surface area contributed by atoms with E-state index in [2.05, 4.69) is 31.5 Å². The third kappa shape index (κ3) is 7.81. The van der Waals surface area contributed by atoms with Gasteiger partial charge in [0.25, 0.3) is 6.47 Å². The lowest BCUT2D eigenvalue weighted by Crippen LogP contribution is -2.44. The molecule has 0 saturated carbocycles. The standard InChI is InChI=1S/C38H49NO6/c1-24(2)32-16-9-25(3)17-33(32)37-35(41)18-27(19-36(37)42)8-6-5-7-26-10-12-28(13-11-26)34(22-44-23-40)38(43)45-31-20-29-14-15-30(21-31)39(29)4/h10-13,17-19,23,29-34,41-42H,1,5-9,14-16,20-22H2,2-4H3. The van der Waals surface area contributed by atoms with Gasteiger partial charge in [-0.15, -0.1) is 0 Å². The minimum atomic E-state index is -0.649. The fourth-order valence-electron chi connectivity index (χ4n) is 7.79. The number of aryl methyl sites for hydroxylation is 2. The highest BCUT2D eigenvalue weighted by molar-refractivity contribution is 5.78. The monoisotopic (exact) mass is 615 g/mol. The minimum Gasteiger partial charge on any atom is -0.507 e. The number of rotatable bonds is 13. The van der Waals surface area contributed by atoms with E-state index in [-0.39, 0.29) is 42.0 Å². The van der Waals surface area contributed by atoms with Crippen molar-refractivity contribution in [3.8, 4) is 11.5 Å². The van der Waals surface area contributed by atoms with Gasteiger partial charge in [-0.2, -0.15) is 0 Å². The van der Waals surface area contributed by atoms with Crippen LogP contribution in [0.15, 0.2) is 60.2 Å². The van der Waals surface area contributed by atoms with Gasteiger partial charge >= 0.3 is 5.97 Å². The minimum absolute atomic E-state index is 0.0376. The van der Waals surface area contributed by atoms with E-state index in [1.165, 1.54) is 5.57 Å². The second-order valence-corrected chi connectivity index (χ2v) is 13.6. The van der Waals surface area contributed by atoms with Gasteiger partial charge < -0.3 is 24.6 Å². The quantitative estimate of drug-likeness (QED) is 0.107. The number of ether oxygens (including phenoxy) is 2. The zero-order chi connectivity index (χ0) is 32.1. The summed E-state index contributed by atoms with van der Waals surface area (Å²) in [5, 5.41) is 21.9. The van der Waals surface area contributed by atoms with Gasteiger partial charge in [-0.1, -0.05) is 48.1 Å². The number of allylic oxidation sites excluding steroid dienone is 3. The molecule has 3 aliphatic rings. The predicted octanol–water partition coefficient (Wildman–Crippen LogP) is 7.10. The molecule has 5 rings (SSSR count). The zero-order valence-corrected chi connectivity index (χ0v) is 27.0. The number of hydrogen-bond donors (Lipinski definition) is 2. The highest BCUT2D eigenvalue weighted by Gasteiger charge is 2.40. The van der Waals surface area contributed by atoms with E-state index in [4.69, 9.17) is 9.47 Å². The van der Waals surface area contributed by atoms with Crippen LogP contribution in [-0.2, 0) is 31.9 Å². The second-order valence-electron chi connectivity index (χ2n) is 13.6. The fourth-order valence-corrected chi connectivity index (χ4v) is 7.79. The lowest BCUT2D eigenvalue weighted by Gasteiger charge is -2.36. The van der Waals surface area contributed by atoms with Crippen molar-refractivity contribution in [2.75, 3.05) is 13.7 Å². The lowest BCUT2D eigenvalue weighted by atomic mass is 9.73. The Bertz CT molecular complexity index is 1360. The molecule has 0 radical (unpaired) electrons. The molecule has 7 nitrogen and oxygen atoms in total. The second kappa shape index (κ2) is 14.7. The number of fused-ring (bicyclic) bond motifs is 2. The van der Waals surface area contributed by atoms with Crippen LogP contribution in [0.5, 0.6) is 11.5 Å². The highest BCUT2D eigenvalue weighted by atomic mass is 16.6. The number of esters is 1. The summed E-state index contributed by atoms with van der Waals surface area (Å²) in [6, 6.07) is 12.5. The van der Waals surface area contributed by atoms with E-state index in [0.717, 1.165) is 86.5 Å². The van der Waals surface area contributed by atoms with Crippen molar-refractivity contribution >= 4 is 12.4 Å². The van der Waals surface area contributed by atoms with Crippen molar-refractivity contribution in [2.24, 2.45) is 5.92 Å². The largest absolute Gasteiger partial charge is 0.507 e. The Hall–Kier alpha value is -3.58. The summed E-state index contributed by atoms with van der Waals surface area (Å²) in [7, 11) is 2.16. The van der Waals surface area contributed by atoms with E-state index in [1.807, 2.05) is 31.2 Å². The summed E-state index contributed by atoms with van der Waals surface area (Å²) >= 11 is 0. The summed E-state index contributed by atoms with van der Waals surface area (Å²) in [4.78, 5) is 26.6. The number of carbonyl (C=O) groups is 2. The normalized spacial score (nSPS) is 25.3. The molecule has 2 aliphatic heterocycles. The molecule has 2 N–H and O–H groups in total. The Kier molecular flexibility index (Phi) is 10.7. The van der Waals surface area contributed by atoms with Crippen LogP contribution < -0.4 is 0 Å². The first kappa shape index (κ1) is 32.8. The topological polar surface area (TPSA) is 96.3 Å². The maximum absolute atomic E-state index is 13.2. The van der Waals surface area contributed by atoms with Crippen LogP contribution in [0.1, 0.15) is 99.3 Å². The summed E-state index contributed by atoms with van der Waals surface area (Å²) in [5.74, 6) is -0.542. The molecule has 2 aromatic carbocycles. The third-order valence-corrected chi connectivity index (χ3v) is 10.4. The first-order valence-electron chi connectivity index (χ1n) is 16.6. The molecule has 2 bridgehead atoms. The maximum atomic E-state index is 13.2. The van der Waals surface area contributed by atoms with E-state index in [0.29, 0.717) is 24.1 Å². The molecule has 2 aromatic rings. The number of carbonyl (C=O) groups excluding carboxylic acids is 2. The Balaban J connectivity index is 1.14. The number of nitrogens with zero attached hydrogens (tertiary/aromatic N) is 1. The predicted molar refractivity (Wildman–Crippen MR) is 175 cm³/mol. The Labute approximate surface area is 267 Å². The maximum Gasteiger partial charge on any atom is 0.317 e. The molecule has 0 aromatic heterocycles. The summed E-state index contributed by atoms with van der Waals surface area (Å²) in [6.07, 6.45) is 11.5. The molecule has 0 spiro atoms. The van der Waals surface area contributed by atoms with Crippen LogP contribution in [0, 0.1) is 5.92 Å². The number of unbranched alkanes of at least 4 members (excludes halogenated alkanes) is 1. The third-order valence-electron chi connectivity index (χ3n) is 10.4.